The molecule has 2 aromatic carbocycles. The Bertz CT molecular complexity index is 738. The molecule has 2 nitrogen and oxygen atoms in total. The highest BCUT2D eigenvalue weighted by atomic mass is 19.4. The zero-order valence-corrected chi connectivity index (χ0v) is 13.7. The van der Waals surface area contributed by atoms with E-state index >= 15 is 0 Å². The normalized spacial score (nSPS) is 18.2. The van der Waals surface area contributed by atoms with Crippen LogP contribution in [0.25, 0.3) is 0 Å². The molecule has 1 aliphatic rings. The summed E-state index contributed by atoms with van der Waals surface area (Å²) in [6.07, 6.45) is -1.81. The second-order valence-electron chi connectivity index (χ2n) is 6.29. The lowest BCUT2D eigenvalue weighted by Gasteiger charge is -2.24. The molecule has 25 heavy (non-hydrogen) atoms. The molecular weight excluding hydrogens is 329 g/mol. The number of hydrogen-bond acceptors (Lipinski definition) is 2. The topological polar surface area (TPSA) is 26.3 Å². The van der Waals surface area contributed by atoms with Crippen molar-refractivity contribution in [3.8, 4) is 5.75 Å². The van der Waals surface area contributed by atoms with Crippen molar-refractivity contribution in [1.82, 2.24) is 0 Å². The van der Waals surface area contributed by atoms with Crippen molar-refractivity contribution in [2.24, 2.45) is 0 Å². The van der Waals surface area contributed by atoms with Gasteiger partial charge in [-0.3, -0.25) is 4.79 Å². The number of rotatable bonds is 4. The van der Waals surface area contributed by atoms with Crippen LogP contribution in [0.1, 0.15) is 48.3 Å². The van der Waals surface area contributed by atoms with Crippen molar-refractivity contribution in [2.75, 3.05) is 0 Å². The van der Waals surface area contributed by atoms with Crippen LogP contribution >= 0.6 is 0 Å². The average Bonchev–Trinajstić information content (AvgIpc) is 2.60. The predicted octanol–water partition coefficient (Wildman–Crippen LogP) is 5.51. The second kappa shape index (κ2) is 7.30. The van der Waals surface area contributed by atoms with Gasteiger partial charge in [0.25, 0.3) is 0 Å². The first-order valence-electron chi connectivity index (χ1n) is 8.36. The molecule has 0 heterocycles. The van der Waals surface area contributed by atoms with E-state index in [2.05, 4.69) is 0 Å². The Morgan fingerprint density at radius 3 is 2.48 bits per heavy atom. The van der Waals surface area contributed by atoms with Crippen LogP contribution in [-0.4, -0.2) is 5.78 Å². The van der Waals surface area contributed by atoms with Gasteiger partial charge in [0.05, 0.1) is 5.56 Å². The molecular formula is C20H19F3O2. The summed E-state index contributed by atoms with van der Waals surface area (Å²) in [5, 5.41) is 0. The first-order valence-corrected chi connectivity index (χ1v) is 8.36. The van der Waals surface area contributed by atoms with Crippen LogP contribution in [-0.2, 0) is 17.6 Å². The van der Waals surface area contributed by atoms with Gasteiger partial charge in [0, 0.05) is 17.9 Å². The summed E-state index contributed by atoms with van der Waals surface area (Å²) in [6.45, 7) is 0.250. The minimum absolute atomic E-state index is 0.00450. The fraction of sp³-hybridized carbons (Fsp3) is 0.350. The molecule has 2 aromatic rings. The lowest BCUT2D eigenvalue weighted by atomic mass is 9.82. The van der Waals surface area contributed by atoms with Gasteiger partial charge in [-0.2, -0.15) is 13.2 Å². The van der Waals surface area contributed by atoms with E-state index in [1.807, 2.05) is 30.3 Å². The number of ether oxygens (including phenoxy) is 1. The Labute approximate surface area is 144 Å². The molecule has 132 valence electrons. The van der Waals surface area contributed by atoms with E-state index in [0.29, 0.717) is 24.2 Å². The van der Waals surface area contributed by atoms with Gasteiger partial charge in [-0.1, -0.05) is 36.8 Å². The molecule has 1 fully saturated rings. The lowest BCUT2D eigenvalue weighted by Crippen LogP contribution is -2.19. The summed E-state index contributed by atoms with van der Waals surface area (Å²) < 4.78 is 45.0. The molecule has 1 saturated carbocycles. The third-order valence-corrected chi connectivity index (χ3v) is 4.50. The van der Waals surface area contributed by atoms with Gasteiger partial charge in [-0.15, -0.1) is 0 Å². The summed E-state index contributed by atoms with van der Waals surface area (Å²) >= 11 is 0. The van der Waals surface area contributed by atoms with Crippen LogP contribution < -0.4 is 4.74 Å². The third kappa shape index (κ3) is 4.21. The lowest BCUT2D eigenvalue weighted by molar-refractivity contribution is -0.137. The van der Waals surface area contributed by atoms with Gasteiger partial charge >= 0.3 is 6.18 Å². The fourth-order valence-electron chi connectivity index (χ4n) is 3.18. The van der Waals surface area contributed by atoms with E-state index in [0.717, 1.165) is 30.5 Å². The summed E-state index contributed by atoms with van der Waals surface area (Å²) in [4.78, 5) is 12.2. The highest BCUT2D eigenvalue weighted by Crippen LogP contribution is 2.39. The van der Waals surface area contributed by atoms with Crippen LogP contribution in [0.15, 0.2) is 48.5 Å². The number of carbonyl (C=O) groups is 1. The molecule has 3 rings (SSSR count). The molecule has 1 atom stereocenters. The van der Waals surface area contributed by atoms with Crippen LogP contribution in [0.3, 0.4) is 0 Å². The molecule has 0 amide bonds. The van der Waals surface area contributed by atoms with Crippen molar-refractivity contribution in [3.63, 3.8) is 0 Å². The molecule has 5 heteroatoms. The number of hydrogen-bond donors (Lipinski definition) is 0. The van der Waals surface area contributed by atoms with Gasteiger partial charge in [-0.05, 0) is 36.6 Å². The summed E-state index contributed by atoms with van der Waals surface area (Å²) in [5.41, 5.74) is 0.534. The van der Waals surface area contributed by atoms with E-state index in [4.69, 9.17) is 4.74 Å². The number of ketones is 1. The molecule has 0 aliphatic heterocycles. The van der Waals surface area contributed by atoms with E-state index in [9.17, 15) is 18.0 Å². The Kier molecular flexibility index (Phi) is 5.11. The van der Waals surface area contributed by atoms with Crippen molar-refractivity contribution in [3.05, 3.63) is 65.2 Å². The van der Waals surface area contributed by atoms with Crippen LogP contribution in [0, 0.1) is 0 Å². The van der Waals surface area contributed by atoms with Gasteiger partial charge < -0.3 is 4.74 Å². The largest absolute Gasteiger partial charge is 0.489 e. The van der Waals surface area contributed by atoms with Gasteiger partial charge in [-0.25, -0.2) is 0 Å². The second-order valence-corrected chi connectivity index (χ2v) is 6.29. The maximum atomic E-state index is 13.1. The highest BCUT2D eigenvalue weighted by molar-refractivity contribution is 5.87. The molecule has 0 N–H and O–H groups in total. The molecule has 0 bridgehead atoms. The quantitative estimate of drug-likeness (QED) is 0.728. The van der Waals surface area contributed by atoms with Crippen LogP contribution in [0.2, 0.25) is 0 Å². The number of Topliss-reactive ketones (excluding diaryl/α,β-unsaturated/α-hetero) is 1. The molecule has 1 unspecified atom stereocenters. The third-order valence-electron chi connectivity index (χ3n) is 4.50. The van der Waals surface area contributed by atoms with Gasteiger partial charge in [0.15, 0.2) is 0 Å². The Morgan fingerprint density at radius 1 is 1.04 bits per heavy atom. The van der Waals surface area contributed by atoms with Crippen molar-refractivity contribution in [2.45, 2.75) is 44.4 Å². The zero-order valence-electron chi connectivity index (χ0n) is 13.7. The minimum Gasteiger partial charge on any atom is -0.489 e. The standard InChI is InChI=1S/C20H19F3O2/c21-20(22,23)15-10-11-19(25-13-14-6-2-1-3-7-14)17(12-15)16-8-4-5-9-18(16)24/h1-3,6-7,10-12,16H,4-5,8-9,13H2. The number of carbonyl (C=O) groups excluding carboxylic acids is 1. The maximum absolute atomic E-state index is 13.1. The number of alkyl halides is 3. The molecule has 0 saturated heterocycles. The molecule has 0 spiro atoms. The molecule has 0 radical (unpaired) electrons. The fourth-order valence-corrected chi connectivity index (χ4v) is 3.18. The van der Waals surface area contributed by atoms with Crippen molar-refractivity contribution < 1.29 is 22.7 Å². The summed E-state index contributed by atoms with van der Waals surface area (Å²) in [6, 6.07) is 12.8. The van der Waals surface area contributed by atoms with Crippen molar-refractivity contribution in [1.29, 1.82) is 0 Å². The predicted molar refractivity (Wildman–Crippen MR) is 88.4 cm³/mol. The van der Waals surface area contributed by atoms with E-state index in [1.54, 1.807) is 0 Å². The maximum Gasteiger partial charge on any atom is 0.416 e. The Balaban J connectivity index is 1.91. The zero-order chi connectivity index (χ0) is 17.9. The smallest absolute Gasteiger partial charge is 0.416 e. The summed E-state index contributed by atoms with van der Waals surface area (Å²) in [7, 11) is 0. The molecule has 1 aliphatic carbocycles. The highest BCUT2D eigenvalue weighted by Gasteiger charge is 2.34. The van der Waals surface area contributed by atoms with E-state index < -0.39 is 17.7 Å². The number of halogens is 3. The van der Waals surface area contributed by atoms with Gasteiger partial charge in [0.1, 0.15) is 18.1 Å². The Morgan fingerprint density at radius 2 is 1.80 bits per heavy atom. The Hall–Kier alpha value is -2.30. The monoisotopic (exact) mass is 348 g/mol. The average molecular weight is 348 g/mol. The SMILES string of the molecule is O=C1CCCCC1c1cc(C(F)(F)F)ccc1OCc1ccccc1. The van der Waals surface area contributed by atoms with Crippen LogP contribution in [0.4, 0.5) is 13.2 Å². The summed E-state index contributed by atoms with van der Waals surface area (Å²) in [5.74, 6) is -0.158. The van der Waals surface area contributed by atoms with Crippen molar-refractivity contribution >= 4 is 5.78 Å². The first kappa shape index (κ1) is 17.5. The van der Waals surface area contributed by atoms with E-state index in [-0.39, 0.29) is 12.4 Å². The van der Waals surface area contributed by atoms with E-state index in [1.165, 1.54) is 6.07 Å². The minimum atomic E-state index is -4.44. The molecule has 0 aromatic heterocycles. The number of benzene rings is 2. The first-order chi connectivity index (χ1) is 11.9. The van der Waals surface area contributed by atoms with Crippen LogP contribution in [0.5, 0.6) is 5.75 Å². The van der Waals surface area contributed by atoms with Gasteiger partial charge in [0.2, 0.25) is 0 Å².